The minimum Gasteiger partial charge on any atom is -0.454 e. The fourth-order valence-electron chi connectivity index (χ4n) is 3.82. The molecule has 3 atom stereocenters. The molecular formula is C22H30N2O8S2. The zero-order valence-corrected chi connectivity index (χ0v) is 20.6. The molecule has 0 fully saturated rings. The predicted molar refractivity (Wildman–Crippen MR) is 126 cm³/mol. The number of benzene rings is 2. The van der Waals surface area contributed by atoms with Crippen LogP contribution in [0.2, 0.25) is 0 Å². The third-order valence-corrected chi connectivity index (χ3v) is 8.08. The summed E-state index contributed by atoms with van der Waals surface area (Å²) in [5.41, 5.74) is 6.75. The van der Waals surface area contributed by atoms with Crippen molar-refractivity contribution < 1.29 is 36.0 Å². The lowest BCUT2D eigenvalue weighted by molar-refractivity contribution is 0.108. The summed E-state index contributed by atoms with van der Waals surface area (Å²) in [5.74, 6) is -1.00. The van der Waals surface area contributed by atoms with Gasteiger partial charge >= 0.3 is 0 Å². The fourth-order valence-corrected chi connectivity index (χ4v) is 6.33. The van der Waals surface area contributed by atoms with Gasteiger partial charge in [0.25, 0.3) is 10.1 Å². The van der Waals surface area contributed by atoms with Crippen molar-refractivity contribution in [2.45, 2.75) is 36.8 Å². The molecule has 0 saturated carbocycles. The number of ether oxygens (including phenoxy) is 2. The van der Waals surface area contributed by atoms with Crippen LogP contribution in [0.4, 0.5) is 0 Å². The summed E-state index contributed by atoms with van der Waals surface area (Å²) in [6, 6.07) is 11.5. The fraction of sp³-hybridized carbons (Fsp3) is 0.455. The van der Waals surface area contributed by atoms with Crippen molar-refractivity contribution in [2.75, 3.05) is 25.6 Å². The number of sulfonamides is 1. The number of nitrogens with two attached hydrogens (primary N) is 1. The quantitative estimate of drug-likeness (QED) is 0.377. The van der Waals surface area contributed by atoms with Gasteiger partial charge in [-0.05, 0) is 23.6 Å². The summed E-state index contributed by atoms with van der Waals surface area (Å²) < 4.78 is 71.2. The van der Waals surface area contributed by atoms with Crippen LogP contribution in [0.5, 0.6) is 11.5 Å². The molecule has 2 aromatic carbocycles. The first kappa shape index (κ1) is 26.4. The van der Waals surface area contributed by atoms with Crippen LogP contribution in [0.3, 0.4) is 0 Å². The normalized spacial score (nSPS) is 16.6. The number of hydrogen-bond acceptors (Lipinski definition) is 8. The zero-order valence-electron chi connectivity index (χ0n) is 18.9. The van der Waals surface area contributed by atoms with E-state index in [0.29, 0.717) is 17.1 Å². The molecule has 0 amide bonds. The second kappa shape index (κ2) is 10.6. The number of aliphatic hydroxyl groups is 1. The Balaban J connectivity index is 1.88. The highest BCUT2D eigenvalue weighted by Gasteiger charge is 2.35. The topological polar surface area (TPSA) is 156 Å². The molecule has 1 aliphatic rings. The maximum absolute atomic E-state index is 13.4. The van der Waals surface area contributed by atoms with Crippen molar-refractivity contribution in [1.29, 1.82) is 0 Å². The van der Waals surface area contributed by atoms with Crippen LogP contribution < -0.4 is 15.2 Å². The number of nitrogens with zero attached hydrogens (tertiary/aromatic N) is 1. The maximum atomic E-state index is 13.4. The number of hydrogen-bond donors (Lipinski definition) is 3. The van der Waals surface area contributed by atoms with Crippen LogP contribution in [-0.2, 0) is 20.1 Å². The Bertz CT molecular complexity index is 1190. The van der Waals surface area contributed by atoms with Gasteiger partial charge in [-0.1, -0.05) is 44.2 Å². The summed E-state index contributed by atoms with van der Waals surface area (Å²) in [5, 5.41) is 10.9. The summed E-state index contributed by atoms with van der Waals surface area (Å²) in [6.45, 7) is 3.38. The van der Waals surface area contributed by atoms with E-state index in [9.17, 15) is 26.5 Å². The van der Waals surface area contributed by atoms with Crippen LogP contribution in [0.1, 0.15) is 25.3 Å². The van der Waals surface area contributed by atoms with Crippen molar-refractivity contribution in [1.82, 2.24) is 4.31 Å². The van der Waals surface area contributed by atoms with Gasteiger partial charge in [-0.2, -0.15) is 12.7 Å². The van der Waals surface area contributed by atoms with Crippen molar-refractivity contribution in [3.8, 4) is 11.5 Å². The second-order valence-electron chi connectivity index (χ2n) is 8.64. The Morgan fingerprint density at radius 2 is 1.65 bits per heavy atom. The molecule has 0 radical (unpaired) electrons. The van der Waals surface area contributed by atoms with Gasteiger partial charge < -0.3 is 20.3 Å². The monoisotopic (exact) mass is 514 g/mol. The SMILES string of the molecule is CC(C)CN(C[C@@H](O)[C@@H](N)C(CS(=O)(=O)O)c1ccccc1)S(=O)(=O)c1ccc2c(c1)OCO2. The largest absolute Gasteiger partial charge is 0.454 e. The minimum absolute atomic E-state index is 0.00322. The van der Waals surface area contributed by atoms with E-state index in [1.807, 2.05) is 13.8 Å². The molecule has 3 rings (SSSR count). The Kier molecular flexibility index (Phi) is 8.22. The van der Waals surface area contributed by atoms with E-state index < -0.39 is 44.0 Å². The summed E-state index contributed by atoms with van der Waals surface area (Å²) in [6.07, 6.45) is -1.42. The van der Waals surface area contributed by atoms with E-state index in [1.54, 1.807) is 30.3 Å². The van der Waals surface area contributed by atoms with Gasteiger partial charge in [0.1, 0.15) is 0 Å². The highest BCUT2D eigenvalue weighted by molar-refractivity contribution is 7.89. The Morgan fingerprint density at radius 3 is 2.26 bits per heavy atom. The van der Waals surface area contributed by atoms with Crippen molar-refractivity contribution in [3.63, 3.8) is 0 Å². The van der Waals surface area contributed by atoms with Gasteiger partial charge in [0, 0.05) is 31.1 Å². The smallest absolute Gasteiger partial charge is 0.265 e. The van der Waals surface area contributed by atoms with E-state index in [4.69, 9.17) is 15.2 Å². The lowest BCUT2D eigenvalue weighted by atomic mass is 9.90. The summed E-state index contributed by atoms with van der Waals surface area (Å²) in [7, 11) is -8.48. The maximum Gasteiger partial charge on any atom is 0.265 e. The lowest BCUT2D eigenvalue weighted by Gasteiger charge is -2.32. The molecule has 188 valence electrons. The molecule has 1 heterocycles. The van der Waals surface area contributed by atoms with Crippen LogP contribution >= 0.6 is 0 Å². The molecular weight excluding hydrogens is 484 g/mol. The Morgan fingerprint density at radius 1 is 1.00 bits per heavy atom. The molecule has 34 heavy (non-hydrogen) atoms. The average Bonchev–Trinajstić information content (AvgIpc) is 3.24. The third kappa shape index (κ3) is 6.46. The molecule has 1 aliphatic heterocycles. The first-order valence-electron chi connectivity index (χ1n) is 10.7. The van der Waals surface area contributed by atoms with E-state index in [0.717, 1.165) is 4.31 Å². The van der Waals surface area contributed by atoms with Crippen LogP contribution in [0.25, 0.3) is 0 Å². The second-order valence-corrected chi connectivity index (χ2v) is 12.1. The number of fused-ring (bicyclic) bond motifs is 1. The van der Waals surface area contributed by atoms with E-state index in [-0.39, 0.29) is 30.7 Å². The minimum atomic E-state index is -4.42. The molecule has 2 aromatic rings. The average molecular weight is 515 g/mol. The zero-order chi connectivity index (χ0) is 25.1. The van der Waals surface area contributed by atoms with Gasteiger partial charge in [0.2, 0.25) is 16.8 Å². The third-order valence-electron chi connectivity index (χ3n) is 5.47. The number of aliphatic hydroxyl groups excluding tert-OH is 1. The van der Waals surface area contributed by atoms with Gasteiger partial charge in [-0.15, -0.1) is 0 Å². The first-order chi connectivity index (χ1) is 15.9. The van der Waals surface area contributed by atoms with E-state index >= 15 is 0 Å². The van der Waals surface area contributed by atoms with Gasteiger partial charge in [-0.25, -0.2) is 8.42 Å². The highest BCUT2D eigenvalue weighted by atomic mass is 32.2. The Hall–Kier alpha value is -2.22. The van der Waals surface area contributed by atoms with E-state index in [2.05, 4.69) is 0 Å². The predicted octanol–water partition coefficient (Wildman–Crippen LogP) is 1.42. The van der Waals surface area contributed by atoms with Gasteiger partial charge in [0.05, 0.1) is 16.8 Å². The van der Waals surface area contributed by atoms with Crippen molar-refractivity contribution in [3.05, 3.63) is 54.1 Å². The molecule has 0 spiro atoms. The van der Waals surface area contributed by atoms with Gasteiger partial charge in [-0.3, -0.25) is 4.55 Å². The lowest BCUT2D eigenvalue weighted by Crippen LogP contribution is -2.50. The summed E-state index contributed by atoms with van der Waals surface area (Å²) >= 11 is 0. The molecule has 0 bridgehead atoms. The summed E-state index contributed by atoms with van der Waals surface area (Å²) in [4.78, 5) is -0.0317. The molecule has 1 unspecified atom stereocenters. The molecule has 4 N–H and O–H groups in total. The highest BCUT2D eigenvalue weighted by Crippen LogP contribution is 2.35. The van der Waals surface area contributed by atoms with Crippen molar-refractivity contribution in [2.24, 2.45) is 11.7 Å². The first-order valence-corrected chi connectivity index (χ1v) is 13.8. The molecule has 0 aromatic heterocycles. The Labute approximate surface area is 200 Å². The van der Waals surface area contributed by atoms with Gasteiger partial charge in [0.15, 0.2) is 11.5 Å². The van der Waals surface area contributed by atoms with Crippen LogP contribution in [-0.4, -0.2) is 68.6 Å². The molecule has 10 nitrogen and oxygen atoms in total. The number of rotatable bonds is 11. The van der Waals surface area contributed by atoms with Crippen LogP contribution in [0.15, 0.2) is 53.4 Å². The van der Waals surface area contributed by atoms with Crippen LogP contribution in [0, 0.1) is 5.92 Å². The van der Waals surface area contributed by atoms with Crippen molar-refractivity contribution >= 4 is 20.1 Å². The standard InChI is InChI=1S/C22H30N2O8S2/c1-15(2)11-24(34(29,30)17-8-9-20-21(10-17)32-14-31-20)12-19(25)22(23)18(13-33(26,27)28)16-6-4-3-5-7-16/h3-10,15,18-19,22,25H,11-14,23H2,1-2H3,(H,26,27,28)/t18?,19-,22+/m1/s1. The van der Waals surface area contributed by atoms with E-state index in [1.165, 1.54) is 18.2 Å². The molecule has 12 heteroatoms. The molecule has 0 aliphatic carbocycles. The molecule has 0 saturated heterocycles.